The predicted molar refractivity (Wildman–Crippen MR) is 80.1 cm³/mol. The smallest absolute Gasteiger partial charge is 0.269 e. The lowest BCUT2D eigenvalue weighted by molar-refractivity contribution is -0.384. The molecule has 1 aliphatic heterocycles. The molecule has 0 saturated carbocycles. The zero-order valence-corrected chi connectivity index (χ0v) is 12.3. The van der Waals surface area contributed by atoms with E-state index in [1.807, 2.05) is 0 Å². The molecule has 22 heavy (non-hydrogen) atoms. The van der Waals surface area contributed by atoms with E-state index in [0.29, 0.717) is 18.3 Å². The van der Waals surface area contributed by atoms with E-state index in [2.05, 4.69) is 15.0 Å². The van der Waals surface area contributed by atoms with Gasteiger partial charge in [0.2, 0.25) is 11.7 Å². The van der Waals surface area contributed by atoms with Gasteiger partial charge in [-0.15, -0.1) is 0 Å². The zero-order chi connectivity index (χ0) is 15.4. The number of rotatable bonds is 4. The maximum Gasteiger partial charge on any atom is 0.269 e. The van der Waals surface area contributed by atoms with Crippen molar-refractivity contribution in [3.8, 4) is 11.4 Å². The molecular formula is C15H18N4O3. The standard InChI is InChI=1S/C15H18N4O3/c20-19(21)13-7-5-12(6-8-13)15-16-14(22-17-15)11-18-9-3-1-2-4-10-18/h5-8H,1-4,9-11H2. The van der Waals surface area contributed by atoms with Gasteiger partial charge < -0.3 is 4.52 Å². The molecule has 3 rings (SSSR count). The molecule has 7 nitrogen and oxygen atoms in total. The van der Waals surface area contributed by atoms with Crippen LogP contribution >= 0.6 is 0 Å². The molecule has 0 amide bonds. The molecule has 1 saturated heterocycles. The third-order valence-corrected chi connectivity index (χ3v) is 3.86. The van der Waals surface area contributed by atoms with E-state index in [0.717, 1.165) is 18.7 Å². The van der Waals surface area contributed by atoms with Crippen LogP contribution in [0.4, 0.5) is 5.69 Å². The molecule has 0 aliphatic carbocycles. The number of hydrogen-bond acceptors (Lipinski definition) is 6. The number of nitrogens with zero attached hydrogens (tertiary/aromatic N) is 4. The fourth-order valence-corrected chi connectivity index (χ4v) is 2.65. The molecule has 1 aliphatic rings. The molecule has 7 heteroatoms. The first-order valence-corrected chi connectivity index (χ1v) is 7.52. The van der Waals surface area contributed by atoms with Gasteiger partial charge in [0, 0.05) is 17.7 Å². The quantitative estimate of drug-likeness (QED) is 0.637. The SMILES string of the molecule is O=[N+]([O-])c1ccc(-c2noc(CN3CCCCCC3)n2)cc1. The van der Waals surface area contributed by atoms with Crippen LogP contribution in [0.5, 0.6) is 0 Å². The van der Waals surface area contributed by atoms with Crippen molar-refractivity contribution >= 4 is 5.69 Å². The maximum absolute atomic E-state index is 10.7. The van der Waals surface area contributed by atoms with Gasteiger partial charge in [-0.1, -0.05) is 18.0 Å². The Hall–Kier alpha value is -2.28. The van der Waals surface area contributed by atoms with E-state index in [4.69, 9.17) is 4.52 Å². The molecule has 2 heterocycles. The summed E-state index contributed by atoms with van der Waals surface area (Å²) in [6.45, 7) is 2.80. The Morgan fingerprint density at radius 2 is 1.82 bits per heavy atom. The number of likely N-dealkylation sites (tertiary alicyclic amines) is 1. The van der Waals surface area contributed by atoms with E-state index in [-0.39, 0.29) is 5.69 Å². The summed E-state index contributed by atoms with van der Waals surface area (Å²) in [5.41, 5.74) is 0.772. The second-order valence-electron chi connectivity index (χ2n) is 5.51. The fourth-order valence-electron chi connectivity index (χ4n) is 2.65. The molecule has 1 aromatic heterocycles. The number of non-ortho nitro benzene ring substituents is 1. The van der Waals surface area contributed by atoms with Crippen molar-refractivity contribution in [3.05, 3.63) is 40.3 Å². The van der Waals surface area contributed by atoms with E-state index < -0.39 is 4.92 Å². The van der Waals surface area contributed by atoms with Crippen LogP contribution in [0.1, 0.15) is 31.6 Å². The van der Waals surface area contributed by atoms with Gasteiger partial charge in [-0.25, -0.2) is 0 Å². The highest BCUT2D eigenvalue weighted by Crippen LogP contribution is 2.20. The van der Waals surface area contributed by atoms with Crippen molar-refractivity contribution in [2.24, 2.45) is 0 Å². The highest BCUT2D eigenvalue weighted by atomic mass is 16.6. The van der Waals surface area contributed by atoms with Crippen LogP contribution in [0, 0.1) is 10.1 Å². The number of hydrogen-bond donors (Lipinski definition) is 0. The van der Waals surface area contributed by atoms with E-state index >= 15 is 0 Å². The fraction of sp³-hybridized carbons (Fsp3) is 0.467. The lowest BCUT2D eigenvalue weighted by Crippen LogP contribution is -2.24. The molecule has 0 unspecified atom stereocenters. The summed E-state index contributed by atoms with van der Waals surface area (Å²) in [5, 5.41) is 14.6. The zero-order valence-electron chi connectivity index (χ0n) is 12.3. The number of aromatic nitrogens is 2. The minimum absolute atomic E-state index is 0.0528. The molecule has 0 radical (unpaired) electrons. The van der Waals surface area contributed by atoms with Crippen LogP contribution in [0.25, 0.3) is 11.4 Å². The van der Waals surface area contributed by atoms with Gasteiger partial charge in [0.1, 0.15) is 0 Å². The van der Waals surface area contributed by atoms with Crippen LogP contribution in [0.3, 0.4) is 0 Å². The van der Waals surface area contributed by atoms with Crippen molar-refractivity contribution in [2.45, 2.75) is 32.2 Å². The first kappa shape index (κ1) is 14.6. The van der Waals surface area contributed by atoms with Crippen molar-refractivity contribution in [2.75, 3.05) is 13.1 Å². The van der Waals surface area contributed by atoms with Crippen LogP contribution in [0.2, 0.25) is 0 Å². The van der Waals surface area contributed by atoms with Crippen LogP contribution in [-0.4, -0.2) is 33.1 Å². The summed E-state index contributed by atoms with van der Waals surface area (Å²) in [7, 11) is 0. The largest absolute Gasteiger partial charge is 0.338 e. The monoisotopic (exact) mass is 302 g/mol. The number of benzene rings is 1. The molecule has 0 N–H and O–H groups in total. The van der Waals surface area contributed by atoms with Gasteiger partial charge in [0.05, 0.1) is 11.5 Å². The van der Waals surface area contributed by atoms with Gasteiger partial charge in [0.25, 0.3) is 5.69 Å². The second kappa shape index (κ2) is 6.65. The first-order valence-electron chi connectivity index (χ1n) is 7.52. The van der Waals surface area contributed by atoms with E-state index in [1.165, 1.54) is 37.8 Å². The summed E-state index contributed by atoms with van der Waals surface area (Å²) in [6, 6.07) is 6.16. The van der Waals surface area contributed by atoms with Gasteiger partial charge in [-0.2, -0.15) is 4.98 Å². The first-order chi connectivity index (χ1) is 10.7. The van der Waals surface area contributed by atoms with Crippen LogP contribution < -0.4 is 0 Å². The number of nitro groups is 1. The summed E-state index contributed by atoms with van der Waals surface area (Å²) >= 11 is 0. The second-order valence-corrected chi connectivity index (χ2v) is 5.51. The highest BCUT2D eigenvalue weighted by Gasteiger charge is 2.15. The van der Waals surface area contributed by atoms with Crippen molar-refractivity contribution in [1.29, 1.82) is 0 Å². The van der Waals surface area contributed by atoms with Gasteiger partial charge in [-0.3, -0.25) is 15.0 Å². The van der Waals surface area contributed by atoms with Gasteiger partial charge >= 0.3 is 0 Å². The molecule has 0 bridgehead atoms. The Balaban J connectivity index is 1.68. The molecule has 116 valence electrons. The molecule has 1 aromatic carbocycles. The number of nitro benzene ring substituents is 1. The van der Waals surface area contributed by atoms with Crippen molar-refractivity contribution in [1.82, 2.24) is 15.0 Å². The summed E-state index contributed by atoms with van der Waals surface area (Å²) in [6.07, 6.45) is 5.00. The van der Waals surface area contributed by atoms with Crippen LogP contribution in [-0.2, 0) is 6.54 Å². The van der Waals surface area contributed by atoms with Crippen LogP contribution in [0.15, 0.2) is 28.8 Å². The Morgan fingerprint density at radius 3 is 2.45 bits per heavy atom. The van der Waals surface area contributed by atoms with E-state index in [1.54, 1.807) is 12.1 Å². The minimum atomic E-state index is -0.426. The third-order valence-electron chi connectivity index (χ3n) is 3.86. The minimum Gasteiger partial charge on any atom is -0.338 e. The van der Waals surface area contributed by atoms with Crippen molar-refractivity contribution in [3.63, 3.8) is 0 Å². The molecule has 0 spiro atoms. The van der Waals surface area contributed by atoms with Crippen molar-refractivity contribution < 1.29 is 9.45 Å². The topological polar surface area (TPSA) is 85.3 Å². The maximum atomic E-state index is 10.7. The summed E-state index contributed by atoms with van der Waals surface area (Å²) in [5.74, 6) is 1.06. The average Bonchev–Trinajstić information content (AvgIpc) is 2.83. The third kappa shape index (κ3) is 3.48. The Labute approximate surface area is 128 Å². The average molecular weight is 302 g/mol. The Morgan fingerprint density at radius 1 is 1.14 bits per heavy atom. The predicted octanol–water partition coefficient (Wildman–Crippen LogP) is 3.02. The molecular weight excluding hydrogens is 284 g/mol. The van der Waals surface area contributed by atoms with Gasteiger partial charge in [0.15, 0.2) is 0 Å². The lowest BCUT2D eigenvalue weighted by atomic mass is 10.2. The highest BCUT2D eigenvalue weighted by molar-refractivity contribution is 5.56. The van der Waals surface area contributed by atoms with Gasteiger partial charge in [-0.05, 0) is 38.1 Å². The Kier molecular flexibility index (Phi) is 4.43. The molecule has 1 fully saturated rings. The Bertz CT molecular complexity index is 630. The summed E-state index contributed by atoms with van der Waals surface area (Å²) in [4.78, 5) is 17.0. The normalized spacial score (nSPS) is 16.4. The molecule has 2 aromatic rings. The molecule has 0 atom stereocenters. The van der Waals surface area contributed by atoms with E-state index in [9.17, 15) is 10.1 Å². The lowest BCUT2D eigenvalue weighted by Gasteiger charge is -2.16. The summed E-state index contributed by atoms with van der Waals surface area (Å²) < 4.78 is 5.30.